The Hall–Kier alpha value is -2.34. The average Bonchev–Trinajstić information content (AvgIpc) is 2.73. The molecule has 0 atom stereocenters. The van der Waals surface area contributed by atoms with Crippen molar-refractivity contribution in [2.24, 2.45) is 5.10 Å². The van der Waals surface area contributed by atoms with Crippen LogP contribution in [0.5, 0.6) is 17.2 Å². The van der Waals surface area contributed by atoms with Crippen LogP contribution in [0.15, 0.2) is 39.9 Å². The molecule has 0 aliphatic carbocycles. The molecule has 154 valence electrons. The van der Waals surface area contributed by atoms with E-state index in [2.05, 4.69) is 53.8 Å². The van der Waals surface area contributed by atoms with Gasteiger partial charge in [0.25, 0.3) is 5.91 Å². The van der Waals surface area contributed by atoms with E-state index >= 15 is 0 Å². The molecule has 2 aromatic rings. The van der Waals surface area contributed by atoms with Gasteiger partial charge in [-0.25, -0.2) is 10.2 Å². The van der Waals surface area contributed by atoms with E-state index in [-0.39, 0.29) is 12.5 Å². The van der Waals surface area contributed by atoms with Gasteiger partial charge < -0.3 is 18.9 Å². The first-order valence-electron chi connectivity index (χ1n) is 8.13. The molecule has 0 heterocycles. The number of methoxy groups -OCH3 is 3. The number of esters is 1. The fourth-order valence-electron chi connectivity index (χ4n) is 2.14. The first-order chi connectivity index (χ1) is 13.9. The van der Waals surface area contributed by atoms with Crippen LogP contribution in [-0.4, -0.2) is 46.0 Å². The number of carbonyl (C=O) groups excluding carboxylic acids is 2. The van der Waals surface area contributed by atoms with Crippen LogP contribution in [-0.2, 0) is 9.53 Å². The van der Waals surface area contributed by atoms with Crippen LogP contribution in [0.1, 0.15) is 15.9 Å². The number of rotatable bonds is 8. The number of hydrogen-bond donors (Lipinski definition) is 1. The minimum absolute atomic E-state index is 0.248. The van der Waals surface area contributed by atoms with Crippen LogP contribution in [0.25, 0.3) is 0 Å². The van der Waals surface area contributed by atoms with Crippen LogP contribution in [0.4, 0.5) is 0 Å². The predicted octanol–water partition coefficient (Wildman–Crippen LogP) is 3.39. The van der Waals surface area contributed by atoms with Crippen LogP contribution >= 0.6 is 38.5 Å². The third kappa shape index (κ3) is 6.32. The van der Waals surface area contributed by atoms with Gasteiger partial charge in [-0.2, -0.15) is 5.10 Å². The van der Waals surface area contributed by atoms with Crippen molar-refractivity contribution >= 4 is 56.6 Å². The van der Waals surface area contributed by atoms with Crippen LogP contribution in [0.2, 0.25) is 0 Å². The lowest BCUT2D eigenvalue weighted by Gasteiger charge is -2.12. The molecule has 1 amide bonds. The lowest BCUT2D eigenvalue weighted by atomic mass is 10.2. The van der Waals surface area contributed by atoms with Crippen molar-refractivity contribution < 1.29 is 28.5 Å². The molecule has 0 spiro atoms. The second-order valence-corrected chi connectivity index (χ2v) is 7.45. The number of nitrogens with one attached hydrogen (secondary N) is 1. The van der Waals surface area contributed by atoms with Crippen LogP contribution in [0, 0.1) is 3.57 Å². The Kier molecular flexibility index (Phi) is 8.70. The molecule has 2 aromatic carbocycles. The highest BCUT2D eigenvalue weighted by molar-refractivity contribution is 14.1. The van der Waals surface area contributed by atoms with Gasteiger partial charge in [0.15, 0.2) is 18.1 Å². The first kappa shape index (κ1) is 22.9. The van der Waals surface area contributed by atoms with E-state index in [1.54, 1.807) is 37.4 Å². The van der Waals surface area contributed by atoms with Gasteiger partial charge in [-0.1, -0.05) is 0 Å². The van der Waals surface area contributed by atoms with Gasteiger partial charge in [0.1, 0.15) is 5.75 Å². The molecule has 10 heteroatoms. The highest BCUT2D eigenvalue weighted by Crippen LogP contribution is 2.33. The minimum Gasteiger partial charge on any atom is -0.496 e. The zero-order chi connectivity index (χ0) is 21.4. The molecule has 0 saturated carbocycles. The van der Waals surface area contributed by atoms with Crippen LogP contribution < -0.4 is 19.6 Å². The summed E-state index contributed by atoms with van der Waals surface area (Å²) in [6.07, 6.45) is 1.46. The Morgan fingerprint density at radius 1 is 1.10 bits per heavy atom. The zero-order valence-electron chi connectivity index (χ0n) is 15.8. The van der Waals surface area contributed by atoms with Gasteiger partial charge in [-0.3, -0.25) is 4.79 Å². The van der Waals surface area contributed by atoms with Crippen molar-refractivity contribution in [2.45, 2.75) is 0 Å². The number of carbonyl (C=O) groups is 2. The molecular formula is C19H18BrIN2O6. The number of hydrazone groups is 1. The lowest BCUT2D eigenvalue weighted by Crippen LogP contribution is -2.17. The predicted molar refractivity (Wildman–Crippen MR) is 119 cm³/mol. The molecule has 1 N–H and O–H groups in total. The molecule has 0 radical (unpaired) electrons. The number of benzene rings is 2. The molecular weight excluding hydrogens is 559 g/mol. The van der Waals surface area contributed by atoms with Crippen molar-refractivity contribution in [1.29, 1.82) is 0 Å². The number of hydrogen-bond acceptors (Lipinski definition) is 7. The maximum atomic E-state index is 12.3. The normalized spacial score (nSPS) is 10.5. The first-order valence-corrected chi connectivity index (χ1v) is 10.0. The number of ether oxygens (including phenoxy) is 4. The average molecular weight is 577 g/mol. The lowest BCUT2D eigenvalue weighted by molar-refractivity contribution is -0.142. The van der Waals surface area contributed by atoms with E-state index < -0.39 is 5.97 Å². The van der Waals surface area contributed by atoms with Gasteiger partial charge in [0.05, 0.1) is 31.1 Å². The Bertz CT molecular complexity index is 935. The highest BCUT2D eigenvalue weighted by atomic mass is 127. The SMILES string of the molecule is COC(=O)COc1cc(Br)c(/C=N\NC(=O)c2ccc(I)c(OC)c2)cc1OC. The summed E-state index contributed by atoms with van der Waals surface area (Å²) in [5.74, 6) is 0.474. The molecule has 0 aromatic heterocycles. The molecule has 0 aliphatic rings. The van der Waals surface area contributed by atoms with Crippen molar-refractivity contribution in [3.8, 4) is 17.2 Å². The quantitative estimate of drug-likeness (QED) is 0.224. The van der Waals surface area contributed by atoms with E-state index in [1.807, 2.05) is 0 Å². The molecule has 0 aliphatic heterocycles. The molecule has 0 bridgehead atoms. The number of nitrogens with zero attached hydrogens (tertiary/aromatic N) is 1. The largest absolute Gasteiger partial charge is 0.496 e. The summed E-state index contributed by atoms with van der Waals surface area (Å²) in [5, 5.41) is 3.98. The summed E-state index contributed by atoms with van der Waals surface area (Å²) in [6, 6.07) is 8.39. The maximum absolute atomic E-state index is 12.3. The van der Waals surface area contributed by atoms with Gasteiger partial charge in [-0.15, -0.1) is 0 Å². The highest BCUT2D eigenvalue weighted by Gasteiger charge is 2.12. The fourth-order valence-corrected chi connectivity index (χ4v) is 3.12. The van der Waals surface area contributed by atoms with Gasteiger partial charge >= 0.3 is 5.97 Å². The van der Waals surface area contributed by atoms with Crippen molar-refractivity contribution in [3.63, 3.8) is 0 Å². The van der Waals surface area contributed by atoms with Crippen molar-refractivity contribution in [3.05, 3.63) is 49.5 Å². The standard InChI is InChI=1S/C19H18BrIN2O6/c1-26-15-6-11(4-5-14(15)21)19(25)23-22-9-12-7-16(27-2)17(8-13(12)20)29-10-18(24)28-3/h4-9H,10H2,1-3H3,(H,23,25)/b22-9-. The number of amides is 1. The van der Waals surface area contributed by atoms with Crippen LogP contribution in [0.3, 0.4) is 0 Å². The van der Waals surface area contributed by atoms with E-state index in [9.17, 15) is 9.59 Å². The maximum Gasteiger partial charge on any atom is 0.343 e. The molecule has 0 saturated heterocycles. The summed E-state index contributed by atoms with van der Waals surface area (Å²) in [5.41, 5.74) is 3.51. The Balaban J connectivity index is 2.11. The van der Waals surface area contributed by atoms with Gasteiger partial charge in [0.2, 0.25) is 0 Å². The van der Waals surface area contributed by atoms with Crippen molar-refractivity contribution in [1.82, 2.24) is 5.43 Å². The summed E-state index contributed by atoms with van der Waals surface area (Å²) in [4.78, 5) is 23.5. The Morgan fingerprint density at radius 3 is 2.48 bits per heavy atom. The van der Waals surface area contributed by atoms with E-state index in [0.717, 1.165) is 3.57 Å². The zero-order valence-corrected chi connectivity index (χ0v) is 19.6. The van der Waals surface area contributed by atoms with E-state index in [0.29, 0.717) is 32.8 Å². The second kappa shape index (κ2) is 11.0. The van der Waals surface area contributed by atoms with Gasteiger partial charge in [0, 0.05) is 15.6 Å². The minimum atomic E-state index is -0.510. The molecule has 2 rings (SSSR count). The van der Waals surface area contributed by atoms with E-state index in [1.165, 1.54) is 20.4 Å². The third-order valence-corrected chi connectivity index (χ3v) is 5.22. The summed E-state index contributed by atoms with van der Waals surface area (Å²) < 4.78 is 22.0. The van der Waals surface area contributed by atoms with Gasteiger partial charge in [-0.05, 0) is 68.9 Å². The molecule has 8 nitrogen and oxygen atoms in total. The topological polar surface area (TPSA) is 95.5 Å². The fraction of sp³-hybridized carbons (Fsp3) is 0.211. The summed E-state index contributed by atoms with van der Waals surface area (Å²) in [6.45, 7) is -0.248. The smallest absolute Gasteiger partial charge is 0.343 e. The third-order valence-electron chi connectivity index (χ3n) is 3.64. The molecule has 29 heavy (non-hydrogen) atoms. The molecule has 0 fully saturated rings. The molecule has 0 unspecified atom stereocenters. The number of halogens is 2. The second-order valence-electron chi connectivity index (χ2n) is 5.44. The summed E-state index contributed by atoms with van der Waals surface area (Å²) >= 11 is 5.52. The van der Waals surface area contributed by atoms with E-state index in [4.69, 9.17) is 14.2 Å². The van der Waals surface area contributed by atoms with Crippen molar-refractivity contribution in [2.75, 3.05) is 27.9 Å². The Morgan fingerprint density at radius 2 is 1.83 bits per heavy atom. The summed E-state index contributed by atoms with van der Waals surface area (Å²) in [7, 11) is 4.29. The monoisotopic (exact) mass is 576 g/mol. The Labute approximate surface area is 189 Å².